The van der Waals surface area contributed by atoms with E-state index in [-0.39, 0.29) is 0 Å². The van der Waals surface area contributed by atoms with Gasteiger partial charge in [0.25, 0.3) is 0 Å². The van der Waals surface area contributed by atoms with Crippen molar-refractivity contribution in [1.82, 2.24) is 4.90 Å². The van der Waals surface area contributed by atoms with Crippen LogP contribution in [0.15, 0.2) is 24.3 Å². The summed E-state index contributed by atoms with van der Waals surface area (Å²) in [6, 6.07) is 9.40. The van der Waals surface area contributed by atoms with Crippen molar-refractivity contribution in [2.24, 2.45) is 5.73 Å². The fraction of sp³-hybridized carbons (Fsp3) is 0.700. The lowest BCUT2D eigenvalue weighted by Crippen LogP contribution is -2.35. The van der Waals surface area contributed by atoms with Crippen LogP contribution < -0.4 is 10.6 Å². The normalized spacial score (nSPS) is 12.6. The summed E-state index contributed by atoms with van der Waals surface area (Å²) < 4.78 is 0. The van der Waals surface area contributed by atoms with Gasteiger partial charge in [-0.3, -0.25) is 4.90 Å². The maximum atomic E-state index is 6.15. The molecule has 0 saturated carbocycles. The van der Waals surface area contributed by atoms with Crippen LogP contribution in [0.25, 0.3) is 0 Å². The highest BCUT2D eigenvalue weighted by molar-refractivity contribution is 5.47. The molecule has 0 aromatic heterocycles. The van der Waals surface area contributed by atoms with Crippen LogP contribution in [-0.4, -0.2) is 37.6 Å². The Morgan fingerprint density at radius 3 is 1.78 bits per heavy atom. The summed E-state index contributed by atoms with van der Waals surface area (Å²) in [5, 5.41) is 0. The van der Waals surface area contributed by atoms with Gasteiger partial charge >= 0.3 is 0 Å². The number of rotatable bonds is 12. The fourth-order valence-electron chi connectivity index (χ4n) is 3.14. The van der Waals surface area contributed by atoms with Gasteiger partial charge in [-0.25, -0.2) is 0 Å². The van der Waals surface area contributed by atoms with Crippen molar-refractivity contribution in [3.8, 4) is 0 Å². The smallest absolute Gasteiger partial charge is 0.0470 e. The molecular formula is C20H37N3. The van der Waals surface area contributed by atoms with Crippen LogP contribution in [0.3, 0.4) is 0 Å². The van der Waals surface area contributed by atoms with Crippen LogP contribution in [0, 0.1) is 0 Å². The molecule has 1 aromatic rings. The van der Waals surface area contributed by atoms with Crippen LogP contribution in [0.2, 0.25) is 0 Å². The van der Waals surface area contributed by atoms with Gasteiger partial charge in [0.15, 0.2) is 0 Å². The van der Waals surface area contributed by atoms with Gasteiger partial charge in [0, 0.05) is 31.4 Å². The Balaban J connectivity index is 2.87. The van der Waals surface area contributed by atoms with Crippen molar-refractivity contribution < 1.29 is 0 Å². The largest absolute Gasteiger partial charge is 0.372 e. The molecule has 2 N–H and O–H groups in total. The second-order valence-electron chi connectivity index (χ2n) is 6.26. The molecule has 23 heavy (non-hydrogen) atoms. The molecule has 132 valence electrons. The van der Waals surface area contributed by atoms with Gasteiger partial charge in [0.05, 0.1) is 0 Å². The third kappa shape index (κ3) is 6.15. The number of nitrogens with two attached hydrogens (primary N) is 1. The molecule has 0 saturated heterocycles. The lowest BCUT2D eigenvalue weighted by molar-refractivity contribution is 0.195. The monoisotopic (exact) mass is 319 g/mol. The van der Waals surface area contributed by atoms with E-state index in [4.69, 9.17) is 5.73 Å². The number of unbranched alkanes of at least 4 members (excludes halogenated alkanes) is 2. The van der Waals surface area contributed by atoms with E-state index in [9.17, 15) is 0 Å². The minimum absolute atomic E-state index is 0.346. The molecule has 0 aliphatic rings. The van der Waals surface area contributed by atoms with E-state index in [2.05, 4.69) is 61.8 Å². The quantitative estimate of drug-likeness (QED) is 0.618. The lowest BCUT2D eigenvalue weighted by atomic mass is 10.0. The molecule has 3 heteroatoms. The molecule has 0 radical (unpaired) electrons. The Labute approximate surface area is 143 Å². The maximum absolute atomic E-state index is 6.15. The molecule has 0 aliphatic heterocycles. The van der Waals surface area contributed by atoms with Crippen molar-refractivity contribution >= 4 is 5.69 Å². The van der Waals surface area contributed by atoms with E-state index >= 15 is 0 Å². The molecule has 0 heterocycles. The van der Waals surface area contributed by atoms with Crippen molar-refractivity contribution in [1.29, 1.82) is 0 Å². The Morgan fingerprint density at radius 1 is 0.870 bits per heavy atom. The molecule has 0 fully saturated rings. The average Bonchev–Trinajstić information content (AvgIpc) is 2.59. The number of anilines is 1. The first-order chi connectivity index (χ1) is 11.2. The van der Waals surface area contributed by atoms with E-state index < -0.39 is 0 Å². The first kappa shape index (κ1) is 20.0. The fourth-order valence-corrected chi connectivity index (χ4v) is 3.14. The van der Waals surface area contributed by atoms with Crippen LogP contribution in [0.4, 0.5) is 5.69 Å². The number of hydrogen-bond donors (Lipinski definition) is 1. The van der Waals surface area contributed by atoms with Gasteiger partial charge in [0.1, 0.15) is 0 Å². The van der Waals surface area contributed by atoms with Crippen molar-refractivity contribution in [3.05, 3.63) is 29.8 Å². The molecule has 1 aromatic carbocycles. The number of benzene rings is 1. The molecule has 0 spiro atoms. The minimum Gasteiger partial charge on any atom is -0.372 e. The molecule has 0 aliphatic carbocycles. The van der Waals surface area contributed by atoms with Gasteiger partial charge < -0.3 is 10.6 Å². The molecule has 1 unspecified atom stereocenters. The standard InChI is InChI=1S/C20H37N3/c1-5-9-15-23(16-10-6-2)20(17-21)18-11-13-19(14-12-18)22(7-3)8-4/h11-14,20H,5-10,15-17,21H2,1-4H3. The van der Waals surface area contributed by atoms with Gasteiger partial charge in [-0.1, -0.05) is 38.8 Å². The maximum Gasteiger partial charge on any atom is 0.0470 e. The zero-order chi connectivity index (χ0) is 17.1. The second-order valence-corrected chi connectivity index (χ2v) is 6.26. The Morgan fingerprint density at radius 2 is 1.39 bits per heavy atom. The zero-order valence-corrected chi connectivity index (χ0v) is 15.7. The molecule has 3 nitrogen and oxygen atoms in total. The van der Waals surface area contributed by atoms with E-state index in [1.807, 2.05) is 0 Å². The Bertz CT molecular complexity index is 390. The second kappa shape index (κ2) is 11.5. The molecule has 0 bridgehead atoms. The Kier molecular flexibility index (Phi) is 9.97. The van der Waals surface area contributed by atoms with Crippen LogP contribution in [0.1, 0.15) is 65.0 Å². The third-order valence-electron chi connectivity index (χ3n) is 4.67. The van der Waals surface area contributed by atoms with Gasteiger partial charge in [-0.15, -0.1) is 0 Å². The summed E-state index contributed by atoms with van der Waals surface area (Å²) in [7, 11) is 0. The number of hydrogen-bond acceptors (Lipinski definition) is 3. The minimum atomic E-state index is 0.346. The lowest BCUT2D eigenvalue weighted by Gasteiger charge is -2.32. The molecule has 1 atom stereocenters. The van der Waals surface area contributed by atoms with E-state index in [0.29, 0.717) is 12.6 Å². The summed E-state index contributed by atoms with van der Waals surface area (Å²) in [6.07, 6.45) is 4.97. The molecule has 0 amide bonds. The highest BCUT2D eigenvalue weighted by atomic mass is 15.2. The highest BCUT2D eigenvalue weighted by Gasteiger charge is 2.18. The zero-order valence-electron chi connectivity index (χ0n) is 15.7. The van der Waals surface area contributed by atoms with Crippen molar-refractivity contribution in [2.75, 3.05) is 37.6 Å². The van der Waals surface area contributed by atoms with Crippen LogP contribution in [-0.2, 0) is 0 Å². The third-order valence-corrected chi connectivity index (χ3v) is 4.67. The van der Waals surface area contributed by atoms with Gasteiger partial charge in [-0.2, -0.15) is 0 Å². The number of nitrogens with zero attached hydrogens (tertiary/aromatic N) is 2. The molecule has 1 rings (SSSR count). The van der Waals surface area contributed by atoms with Crippen molar-refractivity contribution in [3.63, 3.8) is 0 Å². The summed E-state index contributed by atoms with van der Waals surface area (Å²) in [4.78, 5) is 4.96. The Hall–Kier alpha value is -1.06. The van der Waals surface area contributed by atoms with E-state index in [1.54, 1.807) is 0 Å². The predicted octanol–water partition coefficient (Wildman–Crippen LogP) is 4.43. The summed E-state index contributed by atoms with van der Waals surface area (Å²) >= 11 is 0. The summed E-state index contributed by atoms with van der Waals surface area (Å²) in [6.45, 7) is 14.0. The first-order valence-electron chi connectivity index (χ1n) is 9.50. The van der Waals surface area contributed by atoms with Crippen molar-refractivity contribution in [2.45, 2.75) is 59.4 Å². The van der Waals surface area contributed by atoms with Crippen LogP contribution >= 0.6 is 0 Å². The van der Waals surface area contributed by atoms with Gasteiger partial charge in [0.2, 0.25) is 0 Å². The van der Waals surface area contributed by atoms with E-state index in [0.717, 1.165) is 26.2 Å². The predicted molar refractivity (Wildman–Crippen MR) is 103 cm³/mol. The van der Waals surface area contributed by atoms with Gasteiger partial charge in [-0.05, 0) is 57.5 Å². The van der Waals surface area contributed by atoms with E-state index in [1.165, 1.54) is 36.9 Å². The van der Waals surface area contributed by atoms with Crippen LogP contribution in [0.5, 0.6) is 0 Å². The average molecular weight is 320 g/mol. The topological polar surface area (TPSA) is 32.5 Å². The highest BCUT2D eigenvalue weighted by Crippen LogP contribution is 2.24. The summed E-state index contributed by atoms with van der Waals surface area (Å²) in [5.74, 6) is 0. The molecular weight excluding hydrogens is 282 g/mol. The summed E-state index contributed by atoms with van der Waals surface area (Å²) in [5.41, 5.74) is 8.81. The first-order valence-corrected chi connectivity index (χ1v) is 9.50. The SMILES string of the molecule is CCCCN(CCCC)C(CN)c1ccc(N(CC)CC)cc1.